The van der Waals surface area contributed by atoms with Gasteiger partial charge in [0.1, 0.15) is 6.04 Å². The molecule has 0 aliphatic carbocycles. The molecule has 0 saturated heterocycles. The number of hydrogen-bond acceptors (Lipinski definition) is 3. The van der Waals surface area contributed by atoms with Crippen LogP contribution in [0.2, 0.25) is 0 Å². The minimum absolute atomic E-state index is 0.249. The molecule has 0 saturated carbocycles. The van der Waals surface area contributed by atoms with Crippen molar-refractivity contribution in [1.29, 1.82) is 0 Å². The second-order valence-corrected chi connectivity index (χ2v) is 4.56. The van der Waals surface area contributed by atoms with Crippen molar-refractivity contribution in [1.82, 2.24) is 10.6 Å². The summed E-state index contributed by atoms with van der Waals surface area (Å²) in [7, 11) is 0. The van der Waals surface area contributed by atoms with Gasteiger partial charge in [-0.25, -0.2) is 9.59 Å². The number of carbonyl (C=O) groups excluding carboxylic acids is 1. The summed E-state index contributed by atoms with van der Waals surface area (Å²) < 4.78 is 0. The molecule has 2 amide bonds. The zero-order valence-corrected chi connectivity index (χ0v) is 10.8. The number of carboxylic acid groups (broad SMARTS) is 2. The van der Waals surface area contributed by atoms with Gasteiger partial charge in [-0.1, -0.05) is 20.8 Å². The van der Waals surface area contributed by atoms with Gasteiger partial charge in [-0.3, -0.25) is 4.79 Å². The van der Waals surface area contributed by atoms with Crippen LogP contribution in [0.15, 0.2) is 0 Å². The van der Waals surface area contributed by atoms with Crippen LogP contribution in [0, 0.1) is 11.8 Å². The molecular formula is C11H20N2O5. The Kier molecular flexibility index (Phi) is 6.77. The van der Waals surface area contributed by atoms with E-state index in [0.29, 0.717) is 12.5 Å². The highest BCUT2D eigenvalue weighted by molar-refractivity contribution is 5.86. The Labute approximate surface area is 106 Å². The van der Waals surface area contributed by atoms with E-state index in [9.17, 15) is 14.4 Å². The third-order valence-corrected chi connectivity index (χ3v) is 2.70. The highest BCUT2D eigenvalue weighted by Gasteiger charge is 2.23. The van der Waals surface area contributed by atoms with Crippen LogP contribution in [0.25, 0.3) is 0 Å². The number of carbonyl (C=O) groups is 3. The van der Waals surface area contributed by atoms with E-state index in [0.717, 1.165) is 0 Å². The monoisotopic (exact) mass is 260 g/mol. The molecular weight excluding hydrogens is 240 g/mol. The predicted molar refractivity (Wildman–Crippen MR) is 64.2 cm³/mol. The third-order valence-electron chi connectivity index (χ3n) is 2.70. The molecule has 18 heavy (non-hydrogen) atoms. The lowest BCUT2D eigenvalue weighted by atomic mass is 9.98. The van der Waals surface area contributed by atoms with Crippen LogP contribution < -0.4 is 10.6 Å². The van der Waals surface area contributed by atoms with Gasteiger partial charge in [-0.2, -0.15) is 0 Å². The molecule has 0 rings (SSSR count). The molecule has 7 heteroatoms. The van der Waals surface area contributed by atoms with Crippen molar-refractivity contribution in [3.63, 3.8) is 0 Å². The van der Waals surface area contributed by atoms with Crippen LogP contribution >= 0.6 is 0 Å². The Bertz CT molecular complexity index is 317. The van der Waals surface area contributed by atoms with E-state index in [4.69, 9.17) is 10.2 Å². The quantitative estimate of drug-likeness (QED) is 0.532. The largest absolute Gasteiger partial charge is 0.481 e. The lowest BCUT2D eigenvalue weighted by Crippen LogP contribution is -2.48. The SMILES string of the molecule is CC(C)C(C)CNC(=O)N[C@@H](CC(=O)O)C(=O)O. The Hall–Kier alpha value is -1.79. The fourth-order valence-corrected chi connectivity index (χ4v) is 1.07. The van der Waals surface area contributed by atoms with Gasteiger partial charge in [-0.15, -0.1) is 0 Å². The average molecular weight is 260 g/mol. The van der Waals surface area contributed by atoms with E-state index in [1.54, 1.807) is 0 Å². The van der Waals surface area contributed by atoms with Gasteiger partial charge in [-0.05, 0) is 11.8 Å². The zero-order chi connectivity index (χ0) is 14.3. The van der Waals surface area contributed by atoms with Crippen molar-refractivity contribution < 1.29 is 24.6 Å². The summed E-state index contributed by atoms with van der Waals surface area (Å²) in [6.45, 7) is 6.38. The first kappa shape index (κ1) is 16.2. The molecule has 0 fully saturated rings. The van der Waals surface area contributed by atoms with Crippen LogP contribution in [0.3, 0.4) is 0 Å². The predicted octanol–water partition coefficient (Wildman–Crippen LogP) is 0.506. The second kappa shape index (κ2) is 7.52. The maximum absolute atomic E-state index is 11.4. The molecule has 0 aliphatic rings. The molecule has 2 atom stereocenters. The molecule has 4 N–H and O–H groups in total. The molecule has 0 aromatic heterocycles. The number of carboxylic acids is 2. The van der Waals surface area contributed by atoms with Crippen molar-refractivity contribution in [3.05, 3.63) is 0 Å². The molecule has 0 bridgehead atoms. The van der Waals surface area contributed by atoms with Gasteiger partial charge in [0.25, 0.3) is 0 Å². The Morgan fingerprint density at radius 1 is 1.11 bits per heavy atom. The average Bonchev–Trinajstić information content (AvgIpc) is 2.23. The summed E-state index contributed by atoms with van der Waals surface area (Å²) in [5, 5.41) is 21.9. The van der Waals surface area contributed by atoms with Crippen LogP contribution in [0.5, 0.6) is 0 Å². The minimum Gasteiger partial charge on any atom is -0.481 e. The zero-order valence-electron chi connectivity index (χ0n) is 10.8. The lowest BCUT2D eigenvalue weighted by molar-refractivity contribution is -0.145. The summed E-state index contributed by atoms with van der Waals surface area (Å²) in [5.41, 5.74) is 0. The summed E-state index contributed by atoms with van der Waals surface area (Å²) in [4.78, 5) is 32.5. The topological polar surface area (TPSA) is 116 Å². The van der Waals surface area contributed by atoms with Gasteiger partial charge in [0, 0.05) is 6.54 Å². The first-order chi connectivity index (χ1) is 8.23. The summed E-state index contributed by atoms with van der Waals surface area (Å²) in [6.07, 6.45) is -0.650. The summed E-state index contributed by atoms with van der Waals surface area (Å²) in [6, 6.07) is -2.09. The molecule has 7 nitrogen and oxygen atoms in total. The van der Waals surface area contributed by atoms with Gasteiger partial charge in [0.15, 0.2) is 0 Å². The fourth-order valence-electron chi connectivity index (χ4n) is 1.07. The van der Waals surface area contributed by atoms with Crippen molar-refractivity contribution in [2.24, 2.45) is 11.8 Å². The fraction of sp³-hybridized carbons (Fsp3) is 0.727. The van der Waals surface area contributed by atoms with E-state index in [2.05, 4.69) is 10.6 Å². The van der Waals surface area contributed by atoms with E-state index in [1.165, 1.54) is 0 Å². The van der Waals surface area contributed by atoms with Crippen molar-refractivity contribution in [2.45, 2.75) is 33.2 Å². The van der Waals surface area contributed by atoms with Crippen LogP contribution in [0.4, 0.5) is 4.79 Å². The van der Waals surface area contributed by atoms with E-state index in [1.807, 2.05) is 20.8 Å². The van der Waals surface area contributed by atoms with Gasteiger partial charge < -0.3 is 20.8 Å². The summed E-state index contributed by atoms with van der Waals surface area (Å²) >= 11 is 0. The lowest BCUT2D eigenvalue weighted by Gasteiger charge is -2.18. The molecule has 0 heterocycles. The number of urea groups is 1. The van der Waals surface area contributed by atoms with E-state index >= 15 is 0 Å². The maximum Gasteiger partial charge on any atom is 0.326 e. The van der Waals surface area contributed by atoms with E-state index in [-0.39, 0.29) is 5.92 Å². The first-order valence-corrected chi connectivity index (χ1v) is 5.73. The Morgan fingerprint density at radius 3 is 2.06 bits per heavy atom. The number of nitrogens with one attached hydrogen (secondary N) is 2. The minimum atomic E-state index is -1.42. The highest BCUT2D eigenvalue weighted by Crippen LogP contribution is 2.07. The molecule has 0 spiro atoms. The molecule has 1 unspecified atom stereocenters. The molecule has 104 valence electrons. The molecule has 0 radical (unpaired) electrons. The summed E-state index contributed by atoms with van der Waals surface area (Å²) in [5.74, 6) is -2.01. The van der Waals surface area contributed by atoms with Crippen LogP contribution in [-0.2, 0) is 9.59 Å². The van der Waals surface area contributed by atoms with Gasteiger partial charge in [0.2, 0.25) is 0 Å². The number of aliphatic carboxylic acids is 2. The van der Waals surface area contributed by atoms with E-state index < -0.39 is 30.4 Å². The number of rotatable bonds is 7. The standard InChI is InChI=1S/C11H20N2O5/c1-6(2)7(3)5-12-11(18)13-8(10(16)17)4-9(14)15/h6-8H,4-5H2,1-3H3,(H,14,15)(H,16,17)(H2,12,13,18)/t7?,8-/m0/s1. The molecule has 0 aromatic rings. The molecule has 0 aromatic carbocycles. The highest BCUT2D eigenvalue weighted by atomic mass is 16.4. The second-order valence-electron chi connectivity index (χ2n) is 4.56. The smallest absolute Gasteiger partial charge is 0.326 e. The van der Waals surface area contributed by atoms with Gasteiger partial charge in [0.05, 0.1) is 6.42 Å². The Balaban J connectivity index is 4.18. The van der Waals surface area contributed by atoms with Crippen molar-refractivity contribution in [3.8, 4) is 0 Å². The van der Waals surface area contributed by atoms with Gasteiger partial charge >= 0.3 is 18.0 Å². The maximum atomic E-state index is 11.4. The van der Waals surface area contributed by atoms with Crippen LogP contribution in [0.1, 0.15) is 27.2 Å². The van der Waals surface area contributed by atoms with Crippen molar-refractivity contribution >= 4 is 18.0 Å². The van der Waals surface area contributed by atoms with Crippen molar-refractivity contribution in [2.75, 3.05) is 6.54 Å². The third kappa shape index (κ3) is 6.72. The Morgan fingerprint density at radius 2 is 1.67 bits per heavy atom. The number of hydrogen-bond donors (Lipinski definition) is 4. The van der Waals surface area contributed by atoms with Crippen LogP contribution in [-0.4, -0.2) is 40.8 Å². The normalized spacial score (nSPS) is 13.8. The number of amides is 2. The first-order valence-electron chi connectivity index (χ1n) is 5.73. The molecule has 0 aliphatic heterocycles.